The molecule has 0 aliphatic rings. The van der Waals surface area contributed by atoms with E-state index in [9.17, 15) is 4.79 Å². The lowest BCUT2D eigenvalue weighted by molar-refractivity contribution is 0.0952. The first kappa shape index (κ1) is 16.3. The lowest BCUT2D eigenvalue weighted by Crippen LogP contribution is -2.23. The lowest BCUT2D eigenvalue weighted by Gasteiger charge is -2.05. The van der Waals surface area contributed by atoms with Crippen LogP contribution < -0.4 is 11.1 Å². The molecule has 6 heteroatoms. The van der Waals surface area contributed by atoms with Gasteiger partial charge in [0.1, 0.15) is 11.3 Å². The van der Waals surface area contributed by atoms with Crippen LogP contribution in [0.3, 0.4) is 0 Å². The van der Waals surface area contributed by atoms with Crippen molar-refractivity contribution in [1.29, 1.82) is 0 Å². The molecule has 24 heavy (non-hydrogen) atoms. The normalized spacial score (nSPS) is 10.8. The molecule has 3 rings (SSSR count). The number of nitrogens with one attached hydrogen (secondary N) is 1. The molecule has 2 aromatic heterocycles. The fourth-order valence-corrected chi connectivity index (χ4v) is 3.30. The van der Waals surface area contributed by atoms with E-state index < -0.39 is 0 Å². The number of nitrogen functional groups attached to an aromatic ring is 1. The Morgan fingerprint density at radius 1 is 1.25 bits per heavy atom. The summed E-state index contributed by atoms with van der Waals surface area (Å²) in [4.78, 5) is 14.7. The molecule has 0 atom stereocenters. The van der Waals surface area contributed by atoms with Crippen molar-refractivity contribution < 1.29 is 9.32 Å². The highest BCUT2D eigenvalue weighted by Gasteiger charge is 2.23. The van der Waals surface area contributed by atoms with Crippen LogP contribution in [0.25, 0.3) is 10.6 Å². The number of carbonyl (C=O) groups excluding carboxylic acids is 1. The number of amides is 1. The number of benzene rings is 1. The fourth-order valence-electron chi connectivity index (χ4n) is 2.36. The van der Waals surface area contributed by atoms with E-state index in [-0.39, 0.29) is 11.8 Å². The number of nitrogens with zero attached hydrogens (tertiary/aromatic N) is 1. The van der Waals surface area contributed by atoms with E-state index in [4.69, 9.17) is 10.3 Å². The Morgan fingerprint density at radius 3 is 2.67 bits per heavy atom. The molecular weight excluding hydrogens is 322 g/mol. The van der Waals surface area contributed by atoms with Crippen LogP contribution in [0.4, 0.5) is 5.88 Å². The van der Waals surface area contributed by atoms with Crippen molar-refractivity contribution in [3.05, 3.63) is 58.0 Å². The summed E-state index contributed by atoms with van der Waals surface area (Å²) in [7, 11) is 0. The van der Waals surface area contributed by atoms with Crippen molar-refractivity contribution in [3.8, 4) is 10.6 Å². The molecule has 0 unspecified atom stereocenters. The van der Waals surface area contributed by atoms with Crippen molar-refractivity contribution in [3.63, 3.8) is 0 Å². The van der Waals surface area contributed by atoms with E-state index >= 15 is 0 Å². The number of nitrogens with two attached hydrogens (primary N) is 1. The van der Waals surface area contributed by atoms with Gasteiger partial charge in [0.05, 0.1) is 4.88 Å². The number of aromatic nitrogens is 1. The Kier molecular flexibility index (Phi) is 4.66. The molecule has 1 aromatic carbocycles. The highest BCUT2D eigenvalue weighted by molar-refractivity contribution is 7.15. The number of hydrogen-bond acceptors (Lipinski definition) is 5. The van der Waals surface area contributed by atoms with Gasteiger partial charge in [-0.3, -0.25) is 4.79 Å². The number of rotatable bonds is 5. The SMILES string of the molecule is CCc1ccc(-c2noc(N)c2C(=O)NCc2ccc(C)cc2)s1. The van der Waals surface area contributed by atoms with Gasteiger partial charge >= 0.3 is 0 Å². The Balaban J connectivity index is 1.79. The molecule has 1 amide bonds. The summed E-state index contributed by atoms with van der Waals surface area (Å²) >= 11 is 1.59. The maximum atomic E-state index is 12.6. The zero-order chi connectivity index (χ0) is 17.1. The van der Waals surface area contributed by atoms with Crippen LogP contribution >= 0.6 is 11.3 Å². The third kappa shape index (κ3) is 3.33. The minimum absolute atomic E-state index is 0.0397. The monoisotopic (exact) mass is 341 g/mol. The molecular formula is C18H19N3O2S. The smallest absolute Gasteiger partial charge is 0.259 e. The van der Waals surface area contributed by atoms with E-state index in [1.165, 1.54) is 10.4 Å². The summed E-state index contributed by atoms with van der Waals surface area (Å²) in [5.74, 6) is -0.242. The van der Waals surface area contributed by atoms with Gasteiger partial charge in [-0.15, -0.1) is 11.3 Å². The number of thiophene rings is 1. The van der Waals surface area contributed by atoms with Gasteiger partial charge in [-0.25, -0.2) is 0 Å². The maximum absolute atomic E-state index is 12.6. The molecule has 3 aromatic rings. The van der Waals surface area contributed by atoms with Gasteiger partial charge < -0.3 is 15.6 Å². The zero-order valence-electron chi connectivity index (χ0n) is 13.6. The second kappa shape index (κ2) is 6.88. The first-order valence-electron chi connectivity index (χ1n) is 7.76. The quantitative estimate of drug-likeness (QED) is 0.740. The van der Waals surface area contributed by atoms with Crippen LogP contribution in [0.5, 0.6) is 0 Å². The molecule has 0 saturated carbocycles. The van der Waals surface area contributed by atoms with Crippen LogP contribution in [-0.2, 0) is 13.0 Å². The van der Waals surface area contributed by atoms with Crippen LogP contribution in [0.2, 0.25) is 0 Å². The first-order chi connectivity index (χ1) is 11.6. The van der Waals surface area contributed by atoms with Crippen molar-refractivity contribution in [2.24, 2.45) is 0 Å². The Labute approximate surface area is 144 Å². The Hall–Kier alpha value is -2.60. The van der Waals surface area contributed by atoms with Crippen molar-refractivity contribution >= 4 is 23.1 Å². The molecule has 0 aliphatic heterocycles. The van der Waals surface area contributed by atoms with Crippen LogP contribution in [-0.4, -0.2) is 11.1 Å². The minimum atomic E-state index is -0.282. The summed E-state index contributed by atoms with van der Waals surface area (Å²) in [5.41, 5.74) is 8.82. The summed E-state index contributed by atoms with van der Waals surface area (Å²) in [6, 6.07) is 12.0. The largest absolute Gasteiger partial charge is 0.367 e. The van der Waals surface area contributed by atoms with Gasteiger partial charge in [0, 0.05) is 11.4 Å². The number of hydrogen-bond donors (Lipinski definition) is 2. The Morgan fingerprint density at radius 2 is 2.00 bits per heavy atom. The minimum Gasteiger partial charge on any atom is -0.367 e. The zero-order valence-corrected chi connectivity index (χ0v) is 14.4. The van der Waals surface area contributed by atoms with Crippen LogP contribution in [0, 0.1) is 6.92 Å². The fraction of sp³-hybridized carbons (Fsp3) is 0.222. The van der Waals surface area contributed by atoms with Gasteiger partial charge in [0.15, 0.2) is 0 Å². The molecule has 5 nitrogen and oxygen atoms in total. The molecule has 0 radical (unpaired) electrons. The average molecular weight is 341 g/mol. The van der Waals surface area contributed by atoms with E-state index in [2.05, 4.69) is 17.4 Å². The first-order valence-corrected chi connectivity index (χ1v) is 8.58. The number of aryl methyl sites for hydroxylation is 2. The van der Waals surface area contributed by atoms with E-state index in [0.29, 0.717) is 17.8 Å². The standard InChI is InChI=1S/C18H19N3O2S/c1-3-13-8-9-14(24-13)16-15(17(19)23-21-16)18(22)20-10-12-6-4-11(2)5-7-12/h4-9H,3,10,19H2,1-2H3,(H,20,22). The third-order valence-electron chi connectivity index (χ3n) is 3.76. The summed E-state index contributed by atoms with van der Waals surface area (Å²) in [5, 5.41) is 6.85. The molecule has 3 N–H and O–H groups in total. The van der Waals surface area contributed by atoms with Gasteiger partial charge in [-0.2, -0.15) is 0 Å². The molecule has 2 heterocycles. The highest BCUT2D eigenvalue weighted by Crippen LogP contribution is 2.32. The lowest BCUT2D eigenvalue weighted by atomic mass is 10.1. The van der Waals surface area contributed by atoms with E-state index in [1.54, 1.807) is 11.3 Å². The summed E-state index contributed by atoms with van der Waals surface area (Å²) in [6.07, 6.45) is 0.937. The number of anilines is 1. The third-order valence-corrected chi connectivity index (χ3v) is 5.00. The second-order valence-corrected chi connectivity index (χ2v) is 6.73. The average Bonchev–Trinajstić information content (AvgIpc) is 3.20. The summed E-state index contributed by atoms with van der Waals surface area (Å²) < 4.78 is 5.06. The van der Waals surface area contributed by atoms with Crippen LogP contribution in [0.15, 0.2) is 40.9 Å². The molecule has 124 valence electrons. The molecule has 0 fully saturated rings. The van der Waals surface area contributed by atoms with Gasteiger partial charge in [-0.05, 0) is 31.0 Å². The second-order valence-electron chi connectivity index (χ2n) is 5.56. The van der Waals surface area contributed by atoms with E-state index in [1.807, 2.05) is 43.3 Å². The maximum Gasteiger partial charge on any atom is 0.259 e. The van der Waals surface area contributed by atoms with Crippen LogP contribution in [0.1, 0.15) is 33.3 Å². The highest BCUT2D eigenvalue weighted by atomic mass is 32.1. The predicted octanol–water partition coefficient (Wildman–Crippen LogP) is 3.79. The van der Waals surface area contributed by atoms with Crippen molar-refractivity contribution in [2.75, 3.05) is 5.73 Å². The van der Waals surface area contributed by atoms with Crippen molar-refractivity contribution in [1.82, 2.24) is 10.5 Å². The van der Waals surface area contributed by atoms with Gasteiger partial charge in [-0.1, -0.05) is 41.9 Å². The van der Waals surface area contributed by atoms with Crippen molar-refractivity contribution in [2.45, 2.75) is 26.8 Å². The predicted molar refractivity (Wildman–Crippen MR) is 96.0 cm³/mol. The topological polar surface area (TPSA) is 81.2 Å². The molecule has 0 aliphatic carbocycles. The summed E-state index contributed by atoms with van der Waals surface area (Å²) in [6.45, 7) is 4.54. The Bertz CT molecular complexity index is 850. The molecule has 0 saturated heterocycles. The number of carbonyl (C=O) groups is 1. The molecule has 0 bridgehead atoms. The van der Waals surface area contributed by atoms with Gasteiger partial charge in [0.25, 0.3) is 5.91 Å². The van der Waals surface area contributed by atoms with Gasteiger partial charge in [0.2, 0.25) is 5.88 Å². The van der Waals surface area contributed by atoms with E-state index in [0.717, 1.165) is 16.9 Å². The molecule has 0 spiro atoms.